The highest BCUT2D eigenvalue weighted by Crippen LogP contribution is 2.37. The lowest BCUT2D eigenvalue weighted by Crippen LogP contribution is -2.19. The van der Waals surface area contributed by atoms with Gasteiger partial charge in [-0.25, -0.2) is 18.4 Å². The Balaban J connectivity index is 1.75. The van der Waals surface area contributed by atoms with Gasteiger partial charge < -0.3 is 9.30 Å². The Morgan fingerprint density at radius 1 is 1.21 bits per heavy atom. The van der Waals surface area contributed by atoms with E-state index in [1.807, 2.05) is 6.92 Å². The number of sulfone groups is 1. The van der Waals surface area contributed by atoms with Gasteiger partial charge in [0.05, 0.1) is 28.6 Å². The number of nitrogens with zero attached hydrogens (tertiary/aromatic N) is 5. The van der Waals surface area contributed by atoms with Gasteiger partial charge >= 0.3 is 0 Å². The topological polar surface area (TPSA) is 116 Å². The zero-order valence-corrected chi connectivity index (χ0v) is 19.3. The average Bonchev–Trinajstić information content (AvgIpc) is 3.52. The molecular formula is C23H23N5O4S. The molecule has 10 heteroatoms. The Morgan fingerprint density at radius 3 is 2.67 bits per heavy atom. The van der Waals surface area contributed by atoms with Crippen molar-refractivity contribution >= 4 is 32.7 Å². The van der Waals surface area contributed by atoms with Crippen molar-refractivity contribution in [2.75, 3.05) is 12.9 Å². The molecule has 1 fully saturated rings. The molecule has 0 bridgehead atoms. The van der Waals surface area contributed by atoms with Crippen LogP contribution in [-0.4, -0.2) is 53.9 Å². The Labute approximate surface area is 190 Å². The number of pyridine rings is 1. The molecule has 1 saturated carbocycles. The number of benzene rings is 1. The SMILES string of the molecule is CC1N=CC(c2ncc3c(=O)n(C)cc(-c4cc(S(C)(=O)=O)ccc4OCC4CC4)c3n2)=N1. The molecule has 3 heterocycles. The van der Waals surface area contributed by atoms with Crippen molar-refractivity contribution in [1.29, 1.82) is 0 Å². The molecular weight excluding hydrogens is 442 g/mol. The largest absolute Gasteiger partial charge is 0.493 e. The number of aryl methyl sites for hydroxylation is 1. The third-order valence-electron chi connectivity index (χ3n) is 5.73. The van der Waals surface area contributed by atoms with Crippen LogP contribution in [0.3, 0.4) is 0 Å². The smallest absolute Gasteiger partial charge is 0.261 e. The van der Waals surface area contributed by atoms with E-state index in [1.165, 1.54) is 16.8 Å². The van der Waals surface area contributed by atoms with E-state index in [4.69, 9.17) is 4.74 Å². The third kappa shape index (κ3) is 4.18. The first kappa shape index (κ1) is 21.4. The van der Waals surface area contributed by atoms with Crippen LogP contribution in [0, 0.1) is 5.92 Å². The quantitative estimate of drug-likeness (QED) is 0.552. The number of hydrogen-bond donors (Lipinski definition) is 0. The monoisotopic (exact) mass is 465 g/mol. The van der Waals surface area contributed by atoms with Crippen LogP contribution >= 0.6 is 0 Å². The second-order valence-corrected chi connectivity index (χ2v) is 10.5. The molecule has 9 nitrogen and oxygen atoms in total. The minimum Gasteiger partial charge on any atom is -0.493 e. The molecule has 1 aliphatic heterocycles. The highest BCUT2D eigenvalue weighted by Gasteiger charge is 2.24. The molecule has 2 aromatic heterocycles. The van der Waals surface area contributed by atoms with Crippen molar-refractivity contribution in [1.82, 2.24) is 14.5 Å². The van der Waals surface area contributed by atoms with Gasteiger partial charge in [-0.1, -0.05) is 0 Å². The molecule has 1 aromatic carbocycles. The third-order valence-corrected chi connectivity index (χ3v) is 6.84. The van der Waals surface area contributed by atoms with Crippen LogP contribution in [0.4, 0.5) is 0 Å². The number of aromatic nitrogens is 3. The van der Waals surface area contributed by atoms with Crippen LogP contribution in [-0.2, 0) is 16.9 Å². The molecule has 0 saturated heterocycles. The standard InChI is InChI=1S/C23H23N5O4S/c1-13-24-10-19(26-13)22-25-9-17-21(27-22)18(11-28(2)23(17)29)16-8-15(33(3,30)31)6-7-20(16)32-12-14-4-5-14/h6-11,13-14H,4-5,12H2,1-3H3. The van der Waals surface area contributed by atoms with Gasteiger partial charge in [0.2, 0.25) is 0 Å². The summed E-state index contributed by atoms with van der Waals surface area (Å²) in [5.74, 6) is 1.41. The molecule has 1 unspecified atom stereocenters. The van der Waals surface area contributed by atoms with Crippen molar-refractivity contribution in [3.05, 3.63) is 46.8 Å². The molecule has 0 N–H and O–H groups in total. The summed E-state index contributed by atoms with van der Waals surface area (Å²) in [4.78, 5) is 30.6. The molecule has 170 valence electrons. The maximum Gasteiger partial charge on any atom is 0.261 e. The molecule has 1 aliphatic carbocycles. The zero-order valence-electron chi connectivity index (χ0n) is 18.5. The summed E-state index contributed by atoms with van der Waals surface area (Å²) in [6.45, 7) is 2.41. The minimum absolute atomic E-state index is 0.161. The Kier molecular flexibility index (Phi) is 5.12. The van der Waals surface area contributed by atoms with Gasteiger partial charge in [0, 0.05) is 36.8 Å². The van der Waals surface area contributed by atoms with Gasteiger partial charge in [-0.2, -0.15) is 0 Å². The van der Waals surface area contributed by atoms with Crippen LogP contribution in [0.1, 0.15) is 25.6 Å². The van der Waals surface area contributed by atoms with Gasteiger partial charge in [0.25, 0.3) is 5.56 Å². The number of rotatable bonds is 6. The first-order valence-electron chi connectivity index (χ1n) is 10.7. The van der Waals surface area contributed by atoms with E-state index in [0.29, 0.717) is 51.8 Å². The summed E-state index contributed by atoms with van der Waals surface area (Å²) >= 11 is 0. The van der Waals surface area contributed by atoms with Crippen LogP contribution in [0.5, 0.6) is 5.75 Å². The van der Waals surface area contributed by atoms with Crippen molar-refractivity contribution < 1.29 is 13.2 Å². The molecule has 0 spiro atoms. The van der Waals surface area contributed by atoms with Crippen LogP contribution in [0.25, 0.3) is 22.0 Å². The number of fused-ring (bicyclic) bond motifs is 1. The van der Waals surface area contributed by atoms with Crippen molar-refractivity contribution in [2.24, 2.45) is 23.0 Å². The van der Waals surface area contributed by atoms with E-state index in [0.717, 1.165) is 19.1 Å². The highest BCUT2D eigenvalue weighted by atomic mass is 32.2. The van der Waals surface area contributed by atoms with E-state index in [-0.39, 0.29) is 16.6 Å². The van der Waals surface area contributed by atoms with Gasteiger partial charge in [-0.3, -0.25) is 14.8 Å². The van der Waals surface area contributed by atoms with E-state index in [1.54, 1.807) is 31.6 Å². The zero-order chi connectivity index (χ0) is 23.3. The van der Waals surface area contributed by atoms with Crippen LogP contribution in [0.15, 0.2) is 50.3 Å². The van der Waals surface area contributed by atoms with E-state index in [9.17, 15) is 13.2 Å². The molecule has 33 heavy (non-hydrogen) atoms. The summed E-state index contributed by atoms with van der Waals surface area (Å²) in [6, 6.07) is 4.79. The predicted molar refractivity (Wildman–Crippen MR) is 126 cm³/mol. The summed E-state index contributed by atoms with van der Waals surface area (Å²) in [7, 11) is -1.82. The summed E-state index contributed by atoms with van der Waals surface area (Å²) in [5.41, 5.74) is 1.82. The van der Waals surface area contributed by atoms with Gasteiger partial charge in [-0.15, -0.1) is 0 Å². The fourth-order valence-corrected chi connectivity index (χ4v) is 4.34. The second-order valence-electron chi connectivity index (χ2n) is 8.52. The molecule has 0 radical (unpaired) electrons. The normalized spacial score (nSPS) is 18.0. The Hall–Kier alpha value is -3.40. The lowest BCUT2D eigenvalue weighted by atomic mass is 10.0. The first-order chi connectivity index (χ1) is 15.7. The van der Waals surface area contributed by atoms with E-state index in [2.05, 4.69) is 20.0 Å². The minimum atomic E-state index is -3.46. The molecule has 0 amide bonds. The van der Waals surface area contributed by atoms with Crippen molar-refractivity contribution in [3.8, 4) is 16.9 Å². The Bertz CT molecular complexity index is 1500. The average molecular weight is 466 g/mol. The fraction of sp³-hybridized carbons (Fsp3) is 0.348. The Morgan fingerprint density at radius 2 is 2.00 bits per heavy atom. The van der Waals surface area contributed by atoms with Crippen LogP contribution in [0.2, 0.25) is 0 Å². The maximum atomic E-state index is 12.8. The number of hydrogen-bond acceptors (Lipinski definition) is 8. The van der Waals surface area contributed by atoms with Gasteiger partial charge in [0.15, 0.2) is 15.7 Å². The maximum absolute atomic E-state index is 12.8. The first-order valence-corrected chi connectivity index (χ1v) is 12.5. The van der Waals surface area contributed by atoms with Crippen molar-refractivity contribution in [3.63, 3.8) is 0 Å². The molecule has 1 atom stereocenters. The molecule has 3 aromatic rings. The van der Waals surface area contributed by atoms with Gasteiger partial charge in [-0.05, 0) is 43.9 Å². The second kappa shape index (κ2) is 7.87. The summed E-state index contributed by atoms with van der Waals surface area (Å²) < 4.78 is 32.1. The summed E-state index contributed by atoms with van der Waals surface area (Å²) in [6.07, 6.45) is 7.94. The molecule has 2 aliphatic rings. The van der Waals surface area contributed by atoms with E-state index >= 15 is 0 Å². The summed E-state index contributed by atoms with van der Waals surface area (Å²) in [5, 5.41) is 0.320. The predicted octanol–water partition coefficient (Wildman–Crippen LogP) is 2.41. The van der Waals surface area contributed by atoms with Crippen LogP contribution < -0.4 is 10.3 Å². The fourth-order valence-electron chi connectivity index (χ4n) is 3.70. The highest BCUT2D eigenvalue weighted by molar-refractivity contribution is 7.90. The molecule has 5 rings (SSSR count). The lowest BCUT2D eigenvalue weighted by molar-refractivity contribution is 0.301. The van der Waals surface area contributed by atoms with Gasteiger partial charge in [0.1, 0.15) is 17.6 Å². The number of ether oxygens (including phenoxy) is 1. The number of aliphatic imine (C=N–C) groups is 2. The lowest BCUT2D eigenvalue weighted by Gasteiger charge is -2.15. The van der Waals surface area contributed by atoms with Crippen molar-refractivity contribution in [2.45, 2.75) is 30.8 Å². The van der Waals surface area contributed by atoms with E-state index < -0.39 is 9.84 Å².